The number of aromatic hydroxyl groups is 2. The first kappa shape index (κ1) is 61.7. The van der Waals surface area contributed by atoms with Crippen LogP contribution in [0.4, 0.5) is 4.79 Å². The van der Waals surface area contributed by atoms with Crippen LogP contribution in [0.25, 0.3) is 17.1 Å². The maximum atomic E-state index is 14.5. The number of ether oxygens (including phenoxy) is 2. The molecule has 6 N–H and O–H groups in total. The van der Waals surface area contributed by atoms with Crippen molar-refractivity contribution < 1.29 is 53.2 Å². The fourth-order valence-corrected chi connectivity index (χ4v) is 10.4. The first-order chi connectivity index (χ1) is 39.1. The van der Waals surface area contributed by atoms with Gasteiger partial charge in [0.25, 0.3) is 11.8 Å². The number of piperidine rings is 1. The number of hydrogen-bond donors (Lipinski definition) is 6. The first-order valence-corrected chi connectivity index (χ1v) is 28.7. The molecule has 438 valence electrons. The molecule has 0 radical (unpaired) electrons. The van der Waals surface area contributed by atoms with Gasteiger partial charge in [0.2, 0.25) is 17.6 Å². The molecule has 19 nitrogen and oxygen atoms in total. The Labute approximate surface area is 480 Å². The van der Waals surface area contributed by atoms with E-state index in [1.54, 1.807) is 49.1 Å². The third-order valence-corrected chi connectivity index (χ3v) is 15.1. The number of amides is 5. The van der Waals surface area contributed by atoms with Crippen LogP contribution in [0.1, 0.15) is 138 Å². The Morgan fingerprint density at radius 3 is 1.96 bits per heavy atom. The van der Waals surface area contributed by atoms with Crippen molar-refractivity contribution in [2.45, 2.75) is 136 Å². The Morgan fingerprint density at radius 1 is 0.744 bits per heavy atom. The predicted octanol–water partition coefficient (Wildman–Crippen LogP) is 8.04. The van der Waals surface area contributed by atoms with E-state index in [0.29, 0.717) is 68.6 Å². The molecule has 0 aliphatic carbocycles. The summed E-state index contributed by atoms with van der Waals surface area (Å²) in [4.78, 5) is 99.1. The van der Waals surface area contributed by atoms with Crippen LogP contribution >= 0.6 is 0 Å². The Morgan fingerprint density at radius 2 is 1.37 bits per heavy atom. The van der Waals surface area contributed by atoms with E-state index >= 15 is 0 Å². The lowest BCUT2D eigenvalue weighted by atomic mass is 9.88. The van der Waals surface area contributed by atoms with E-state index in [2.05, 4.69) is 31.5 Å². The molecule has 5 atom stereocenters. The maximum absolute atomic E-state index is 14.5. The summed E-state index contributed by atoms with van der Waals surface area (Å²) in [5.41, 5.74) is 2.46. The van der Waals surface area contributed by atoms with E-state index in [4.69, 9.17) is 9.47 Å². The molecule has 2 aliphatic rings. The van der Waals surface area contributed by atoms with Crippen LogP contribution in [0.5, 0.6) is 11.5 Å². The van der Waals surface area contributed by atoms with Crippen LogP contribution in [-0.4, -0.2) is 128 Å². The van der Waals surface area contributed by atoms with Crippen molar-refractivity contribution in [2.75, 3.05) is 32.8 Å². The van der Waals surface area contributed by atoms with E-state index in [1.165, 1.54) is 10.6 Å². The van der Waals surface area contributed by atoms with Gasteiger partial charge in [0.15, 0.2) is 17.4 Å². The molecule has 0 spiro atoms. The second kappa shape index (κ2) is 28.2. The fourth-order valence-electron chi connectivity index (χ4n) is 10.4. The van der Waals surface area contributed by atoms with E-state index in [0.717, 1.165) is 11.1 Å². The number of nitrogens with zero attached hydrogens (tertiary/aromatic N) is 4. The van der Waals surface area contributed by atoms with Gasteiger partial charge in [0.05, 0.1) is 30.9 Å². The highest BCUT2D eigenvalue weighted by Gasteiger charge is 2.50. The van der Waals surface area contributed by atoms with Gasteiger partial charge in [0.1, 0.15) is 23.1 Å². The number of Topliss-reactive ketones (excluding diaryl/α,β-unsaturated/α-hetero) is 2. The average Bonchev–Trinajstić information content (AvgIpc) is 4.12. The summed E-state index contributed by atoms with van der Waals surface area (Å²) < 4.78 is 12.7. The monoisotopic (exact) mass is 1120 g/mol. The van der Waals surface area contributed by atoms with Crippen LogP contribution in [0, 0.1) is 23.7 Å². The SMILES string of the molecule is CCNC(=O)c1nnc(-c2cc(C(C)C)c(O)cc2O)n1-c1ccc(C(=O)N2CCC(COC(=O)N[C@@H](CCc3ccccc3)C(=O)C[C@@H](CC(C)C)C(=O)N[C@@H](Cc3ccccc3)C(=O)N[C@@H](CC(C)C)C(=O)[C@@]3(C)CO3)CC2)cc1. The number of rotatable bonds is 27. The van der Waals surface area contributed by atoms with Gasteiger partial charge in [-0.25, -0.2) is 4.79 Å². The minimum Gasteiger partial charge on any atom is -0.508 e. The number of phenolic OH excluding ortho intramolecular Hbond substituents is 2. The summed E-state index contributed by atoms with van der Waals surface area (Å²) in [5.74, 6) is -3.46. The number of alkyl carbamates (subject to hydrolysis) is 1. The summed E-state index contributed by atoms with van der Waals surface area (Å²) in [5, 5.41) is 41.4. The second-order valence-electron chi connectivity index (χ2n) is 23.0. The summed E-state index contributed by atoms with van der Waals surface area (Å²) >= 11 is 0. The molecule has 4 aromatic carbocycles. The van der Waals surface area contributed by atoms with Crippen LogP contribution < -0.4 is 21.3 Å². The van der Waals surface area contributed by atoms with Crippen molar-refractivity contribution in [3.63, 3.8) is 0 Å². The molecule has 0 bridgehead atoms. The molecular formula is C63H80N8O11. The van der Waals surface area contributed by atoms with Crippen molar-refractivity contribution in [2.24, 2.45) is 23.7 Å². The minimum atomic E-state index is -1.07. The number of benzene rings is 4. The second-order valence-corrected chi connectivity index (χ2v) is 23.0. The van der Waals surface area contributed by atoms with E-state index < -0.39 is 53.5 Å². The van der Waals surface area contributed by atoms with Crippen LogP contribution in [0.2, 0.25) is 0 Å². The zero-order chi connectivity index (χ0) is 59.3. The van der Waals surface area contributed by atoms with Crippen molar-refractivity contribution in [3.05, 3.63) is 125 Å². The molecule has 2 fully saturated rings. The number of aryl methyl sites for hydroxylation is 1. The topological polar surface area (TPSA) is 264 Å². The molecule has 3 heterocycles. The van der Waals surface area contributed by atoms with Gasteiger partial charge in [-0.3, -0.25) is 33.3 Å². The molecule has 2 saturated heterocycles. The van der Waals surface area contributed by atoms with Crippen molar-refractivity contribution in [1.82, 2.24) is 40.9 Å². The number of epoxide rings is 1. The molecule has 1 aromatic heterocycles. The number of hydrogen-bond acceptors (Lipinski definition) is 13. The normalized spacial score (nSPS) is 16.7. The van der Waals surface area contributed by atoms with E-state index in [1.807, 2.05) is 102 Å². The number of carbonyl (C=O) groups excluding carboxylic acids is 7. The fraction of sp³-hybridized carbons (Fsp3) is 0.476. The molecule has 82 heavy (non-hydrogen) atoms. The number of ketones is 2. The zero-order valence-electron chi connectivity index (χ0n) is 48.4. The highest BCUT2D eigenvalue weighted by molar-refractivity contribution is 5.99. The van der Waals surface area contributed by atoms with Crippen LogP contribution in [-0.2, 0) is 41.5 Å². The molecule has 19 heteroatoms. The third kappa shape index (κ3) is 16.4. The number of likely N-dealkylation sites (tertiary alicyclic amines) is 1. The van der Waals surface area contributed by atoms with Crippen molar-refractivity contribution in [3.8, 4) is 28.6 Å². The Bertz CT molecular complexity index is 3020. The van der Waals surface area contributed by atoms with Gasteiger partial charge in [-0.05, 0) is 123 Å². The van der Waals surface area contributed by atoms with Crippen molar-refractivity contribution in [1.29, 1.82) is 0 Å². The number of phenols is 2. The Balaban J connectivity index is 0.984. The minimum absolute atomic E-state index is 0.0113. The number of carbonyl (C=O) groups is 7. The first-order valence-electron chi connectivity index (χ1n) is 28.7. The van der Waals surface area contributed by atoms with E-state index in [-0.39, 0.29) is 102 Å². The average molecular weight is 1130 g/mol. The summed E-state index contributed by atoms with van der Waals surface area (Å²) in [6.07, 6.45) is 1.62. The quantitative estimate of drug-likeness (QED) is 0.0272. The smallest absolute Gasteiger partial charge is 0.407 e. The molecule has 0 saturated carbocycles. The number of nitrogens with one attached hydrogen (secondary N) is 4. The van der Waals surface area contributed by atoms with E-state index in [9.17, 15) is 43.8 Å². The predicted molar refractivity (Wildman–Crippen MR) is 309 cm³/mol. The van der Waals surface area contributed by atoms with Gasteiger partial charge < -0.3 is 45.9 Å². The highest BCUT2D eigenvalue weighted by atomic mass is 16.6. The largest absolute Gasteiger partial charge is 0.508 e. The summed E-state index contributed by atoms with van der Waals surface area (Å²) in [6.45, 7) is 16.5. The summed E-state index contributed by atoms with van der Waals surface area (Å²) in [6, 6.07) is 25.4. The molecule has 0 unspecified atom stereocenters. The van der Waals surface area contributed by atoms with Crippen LogP contribution in [0.3, 0.4) is 0 Å². The molecule has 5 aromatic rings. The molecule has 5 amide bonds. The zero-order valence-corrected chi connectivity index (χ0v) is 48.4. The Hall–Kier alpha value is -7.93. The molecule has 7 rings (SSSR count). The van der Waals surface area contributed by atoms with Gasteiger partial charge in [0, 0.05) is 55.7 Å². The Kier molecular flexibility index (Phi) is 21.2. The van der Waals surface area contributed by atoms with Crippen molar-refractivity contribution >= 4 is 41.3 Å². The van der Waals surface area contributed by atoms with Gasteiger partial charge >= 0.3 is 6.09 Å². The number of aromatic nitrogens is 3. The highest BCUT2D eigenvalue weighted by Crippen LogP contribution is 2.38. The van der Waals surface area contributed by atoms with Gasteiger partial charge in [-0.2, -0.15) is 0 Å². The lowest BCUT2D eigenvalue weighted by Gasteiger charge is -2.32. The summed E-state index contributed by atoms with van der Waals surface area (Å²) in [7, 11) is 0. The van der Waals surface area contributed by atoms with Gasteiger partial charge in [-0.1, -0.05) is 102 Å². The lowest BCUT2D eigenvalue weighted by Crippen LogP contribution is -2.55. The lowest BCUT2D eigenvalue weighted by molar-refractivity contribution is -0.135. The molecular weight excluding hydrogens is 1040 g/mol. The standard InChI is InChI=1S/C63H80N8O11/c1-9-64-60(78)57-69-68-56(48-34-47(40(6)7)52(72)35-53(48)73)71(57)46-23-21-44(22-24-46)61(79)70-28-26-43(27-29-70)36-81-62(80)67-49(25-20-41-16-12-10-13-17-41)54(74)33-45(30-38(2)3)58(76)66-51(32-42-18-14-11-15-19-42)59(77)65-50(31-39(4)5)55(75)63(8)37-82-63/h10-19,21-24,34-35,38-40,43,45,49-51,72-73H,9,20,25-33,36-37H2,1-8H3,(H,64,78)(H,65,77)(H,66,76)(H,67,80)/t45-,49+,50+,51+,63-/m1/s1. The van der Waals surface area contributed by atoms with Crippen LogP contribution in [0.15, 0.2) is 97.1 Å². The van der Waals surface area contributed by atoms with Gasteiger partial charge in [-0.15, -0.1) is 10.2 Å². The maximum Gasteiger partial charge on any atom is 0.407 e. The molecule has 2 aliphatic heterocycles. The third-order valence-electron chi connectivity index (χ3n) is 15.1.